The number of anilines is 6. The lowest BCUT2D eigenvalue weighted by Gasteiger charge is -2.46. The zero-order valence-electron chi connectivity index (χ0n) is 42.3. The van der Waals surface area contributed by atoms with Crippen molar-refractivity contribution in [2.24, 2.45) is 0 Å². The standard InChI is InChI=1S/C64H67BN2/c1-39-28-46-49-35-53(39)67-54-32-44(63(11,12)42-22-18-15-19-23-42)24-26-50(54)65-51-33-47-48(61(7,8)37-60(47,5)6)34-55(51)66(52-27-25-43(59(2,3)4)31-45(52)41-20-16-14-17-21-41)56-29-40(30-57(67)58(56)65)36-64(49,13)38-62(46,9)10/h14-35H,36-38H2,1-13H3. The average Bonchev–Trinajstić information content (AvgIpc) is 3.60. The molecule has 0 saturated carbocycles. The van der Waals surface area contributed by atoms with E-state index in [1.165, 1.54) is 112 Å². The first-order valence-electron chi connectivity index (χ1n) is 25.1. The quantitative estimate of drug-likeness (QED) is 0.163. The molecular formula is C64H67BN2. The molecule has 2 aliphatic carbocycles. The zero-order valence-corrected chi connectivity index (χ0v) is 42.3. The van der Waals surface area contributed by atoms with E-state index in [2.05, 4.69) is 233 Å². The second-order valence-electron chi connectivity index (χ2n) is 25.1. The van der Waals surface area contributed by atoms with Gasteiger partial charge in [0.2, 0.25) is 0 Å². The average molecular weight is 875 g/mol. The van der Waals surface area contributed by atoms with Crippen LogP contribution >= 0.6 is 0 Å². The molecule has 7 aromatic carbocycles. The van der Waals surface area contributed by atoms with Crippen LogP contribution in [0, 0.1) is 6.92 Å². The van der Waals surface area contributed by atoms with Crippen molar-refractivity contribution < 1.29 is 0 Å². The number of hydrogen-bond acceptors (Lipinski definition) is 2. The van der Waals surface area contributed by atoms with Gasteiger partial charge in [0.1, 0.15) is 0 Å². The van der Waals surface area contributed by atoms with Crippen molar-refractivity contribution in [2.75, 3.05) is 9.80 Å². The van der Waals surface area contributed by atoms with E-state index in [0.29, 0.717) is 0 Å². The Balaban J connectivity index is 1.23. The third-order valence-electron chi connectivity index (χ3n) is 17.4. The molecule has 0 amide bonds. The van der Waals surface area contributed by atoms with Crippen LogP contribution in [0.4, 0.5) is 34.1 Å². The first-order chi connectivity index (χ1) is 31.6. The van der Waals surface area contributed by atoms with Crippen LogP contribution < -0.4 is 26.2 Å². The predicted molar refractivity (Wildman–Crippen MR) is 287 cm³/mol. The number of nitrogens with zero attached hydrogens (tertiary/aromatic N) is 2. The van der Waals surface area contributed by atoms with Crippen molar-refractivity contribution in [3.05, 3.63) is 184 Å². The van der Waals surface area contributed by atoms with Gasteiger partial charge in [0.15, 0.2) is 0 Å². The van der Waals surface area contributed by atoms with Gasteiger partial charge in [-0.3, -0.25) is 0 Å². The summed E-state index contributed by atoms with van der Waals surface area (Å²) in [7, 11) is 0. The minimum atomic E-state index is -0.205. The van der Waals surface area contributed by atoms with Crippen LogP contribution in [0.3, 0.4) is 0 Å². The molecule has 0 spiro atoms. The lowest BCUT2D eigenvalue weighted by Crippen LogP contribution is -2.61. The second kappa shape index (κ2) is 13.7. The molecule has 3 heterocycles. The van der Waals surface area contributed by atoms with Crippen LogP contribution in [-0.4, -0.2) is 6.71 Å². The number of aryl methyl sites for hydroxylation is 1. The van der Waals surface area contributed by atoms with Crippen molar-refractivity contribution in [3.63, 3.8) is 0 Å². The van der Waals surface area contributed by atoms with Crippen molar-refractivity contribution in [2.45, 2.75) is 142 Å². The molecule has 0 fully saturated rings. The number of hydrogen-bond donors (Lipinski definition) is 0. The maximum absolute atomic E-state index is 2.73. The van der Waals surface area contributed by atoms with E-state index in [1.54, 1.807) is 0 Å². The molecule has 3 heteroatoms. The highest BCUT2D eigenvalue weighted by Crippen LogP contribution is 2.58. The van der Waals surface area contributed by atoms with Gasteiger partial charge in [0, 0.05) is 39.4 Å². The monoisotopic (exact) mass is 875 g/mol. The SMILES string of the molecule is Cc1cc2c3cc1N1c4cc(C(C)(C)c5ccccc5)ccc4B4c5cc6c(cc5N(c5ccc(C(C)(C)C)cc5-c5ccccc5)c5cc(cc1c54)CC3(C)CC2(C)C)C(C)(C)CC6(C)C. The maximum atomic E-state index is 2.73. The Labute approximate surface area is 401 Å². The van der Waals surface area contributed by atoms with Crippen LogP contribution in [0.25, 0.3) is 11.1 Å². The summed E-state index contributed by atoms with van der Waals surface area (Å²) in [6.07, 6.45) is 3.23. The fourth-order valence-electron chi connectivity index (χ4n) is 14.4. The van der Waals surface area contributed by atoms with Gasteiger partial charge in [-0.1, -0.05) is 174 Å². The Morgan fingerprint density at radius 1 is 0.463 bits per heavy atom. The van der Waals surface area contributed by atoms with Crippen molar-refractivity contribution in [1.29, 1.82) is 0 Å². The van der Waals surface area contributed by atoms with E-state index in [1.807, 2.05) is 0 Å². The highest BCUT2D eigenvalue weighted by Gasteiger charge is 2.51. The van der Waals surface area contributed by atoms with Crippen LogP contribution in [0.1, 0.15) is 146 Å². The molecule has 1 unspecified atom stereocenters. The summed E-state index contributed by atoms with van der Waals surface area (Å²) in [5.74, 6) is 0. The molecule has 0 saturated heterocycles. The van der Waals surface area contributed by atoms with Crippen LogP contribution in [0.5, 0.6) is 0 Å². The van der Waals surface area contributed by atoms with E-state index in [4.69, 9.17) is 0 Å². The van der Waals surface area contributed by atoms with E-state index in [-0.39, 0.29) is 39.2 Å². The first-order valence-corrected chi connectivity index (χ1v) is 25.1. The summed E-state index contributed by atoms with van der Waals surface area (Å²) in [5, 5.41) is 0. The fourth-order valence-corrected chi connectivity index (χ4v) is 14.4. The smallest absolute Gasteiger partial charge is 0.252 e. The van der Waals surface area contributed by atoms with Gasteiger partial charge in [-0.15, -0.1) is 0 Å². The Morgan fingerprint density at radius 3 is 1.70 bits per heavy atom. The molecule has 3 aliphatic heterocycles. The van der Waals surface area contributed by atoms with Gasteiger partial charge in [-0.25, -0.2) is 0 Å². The molecule has 2 nitrogen and oxygen atoms in total. The summed E-state index contributed by atoms with van der Waals surface area (Å²) >= 11 is 0. The molecular weight excluding hydrogens is 808 g/mol. The molecule has 336 valence electrons. The Morgan fingerprint density at radius 2 is 1.03 bits per heavy atom. The van der Waals surface area contributed by atoms with Gasteiger partial charge in [0.25, 0.3) is 6.71 Å². The summed E-state index contributed by atoms with van der Waals surface area (Å²) in [6, 6.07) is 53.0. The summed E-state index contributed by atoms with van der Waals surface area (Å²) < 4.78 is 0. The third-order valence-corrected chi connectivity index (χ3v) is 17.4. The molecule has 67 heavy (non-hydrogen) atoms. The predicted octanol–water partition coefficient (Wildman–Crippen LogP) is 14.8. The van der Waals surface area contributed by atoms with E-state index >= 15 is 0 Å². The largest absolute Gasteiger partial charge is 0.311 e. The van der Waals surface area contributed by atoms with Crippen LogP contribution in [0.15, 0.2) is 133 Å². The minimum absolute atomic E-state index is 0.00910. The molecule has 5 aliphatic rings. The highest BCUT2D eigenvalue weighted by atomic mass is 15.2. The molecule has 1 atom stereocenters. The lowest BCUT2D eigenvalue weighted by molar-refractivity contribution is 0.374. The van der Waals surface area contributed by atoms with Gasteiger partial charge < -0.3 is 9.80 Å². The lowest BCUT2D eigenvalue weighted by atomic mass is 9.33. The van der Waals surface area contributed by atoms with Gasteiger partial charge in [-0.05, 0) is 168 Å². The molecule has 7 aromatic rings. The van der Waals surface area contributed by atoms with Crippen molar-refractivity contribution >= 4 is 57.2 Å². The fraction of sp³-hybridized carbons (Fsp3) is 0.344. The Hall–Kier alpha value is -5.80. The molecule has 4 bridgehead atoms. The molecule has 0 radical (unpaired) electrons. The van der Waals surface area contributed by atoms with Crippen LogP contribution in [-0.2, 0) is 38.9 Å². The number of benzene rings is 7. The van der Waals surface area contributed by atoms with Crippen molar-refractivity contribution in [3.8, 4) is 11.1 Å². The first kappa shape index (κ1) is 42.6. The summed E-state index contributed by atoms with van der Waals surface area (Å²) in [4.78, 5) is 5.45. The van der Waals surface area contributed by atoms with E-state index in [9.17, 15) is 0 Å². The molecule has 0 aromatic heterocycles. The topological polar surface area (TPSA) is 6.48 Å². The van der Waals surface area contributed by atoms with Gasteiger partial charge in [0.05, 0.1) is 5.69 Å². The normalized spacial score (nSPS) is 19.9. The maximum Gasteiger partial charge on any atom is 0.252 e. The number of rotatable bonds is 4. The van der Waals surface area contributed by atoms with E-state index in [0.717, 1.165) is 19.3 Å². The van der Waals surface area contributed by atoms with Gasteiger partial charge >= 0.3 is 0 Å². The molecule has 0 N–H and O–H groups in total. The summed E-state index contributed by atoms with van der Waals surface area (Å²) in [5.41, 5.74) is 27.3. The van der Waals surface area contributed by atoms with E-state index < -0.39 is 0 Å². The highest BCUT2D eigenvalue weighted by molar-refractivity contribution is 7.00. The second-order valence-corrected chi connectivity index (χ2v) is 25.1. The van der Waals surface area contributed by atoms with Crippen LogP contribution in [0.2, 0.25) is 0 Å². The number of fused-ring (bicyclic) bond motifs is 9. The van der Waals surface area contributed by atoms with Crippen molar-refractivity contribution in [1.82, 2.24) is 0 Å². The molecule has 12 rings (SSSR count). The zero-order chi connectivity index (χ0) is 47.0. The Bertz CT molecular complexity index is 3230. The minimum Gasteiger partial charge on any atom is -0.311 e. The van der Waals surface area contributed by atoms with Gasteiger partial charge in [-0.2, -0.15) is 0 Å². The Kier molecular flexibility index (Phi) is 8.69. The third kappa shape index (κ3) is 6.08. The summed E-state index contributed by atoms with van der Waals surface area (Å²) in [6.45, 7) is 31.7.